The third-order valence-corrected chi connectivity index (χ3v) is 4.87. The van der Waals surface area contributed by atoms with E-state index in [1.165, 1.54) is 21.2 Å². The van der Waals surface area contributed by atoms with Crippen LogP contribution in [0.4, 0.5) is 0 Å². The number of nitrogens with zero attached hydrogens (tertiary/aromatic N) is 1. The Bertz CT molecular complexity index is 703. The maximum absolute atomic E-state index is 4.37. The Labute approximate surface area is 124 Å². The van der Waals surface area contributed by atoms with Gasteiger partial charge in [-0.05, 0) is 40.5 Å². The lowest BCUT2D eigenvalue weighted by atomic mass is 10.0. The first kappa shape index (κ1) is 12.8. The van der Waals surface area contributed by atoms with Gasteiger partial charge in [0.05, 0.1) is 9.83 Å². The quantitative estimate of drug-likeness (QED) is 0.770. The van der Waals surface area contributed by atoms with E-state index in [-0.39, 0.29) is 6.04 Å². The molecule has 1 atom stereocenters. The summed E-state index contributed by atoms with van der Waals surface area (Å²) in [5, 5.41) is 5.82. The first-order chi connectivity index (χ1) is 9.29. The molecule has 1 N–H and O–H groups in total. The van der Waals surface area contributed by atoms with E-state index in [1.807, 2.05) is 25.5 Å². The normalized spacial score (nSPS) is 12.7. The molecular weight excluding hydrogens is 320 g/mol. The number of halogens is 1. The predicted octanol–water partition coefficient (Wildman–Crippen LogP) is 4.37. The zero-order valence-electron chi connectivity index (χ0n) is 10.4. The van der Waals surface area contributed by atoms with Crippen molar-refractivity contribution in [3.05, 3.63) is 63.0 Å². The number of aromatic nitrogens is 1. The average Bonchev–Trinajstić information content (AvgIpc) is 2.86. The summed E-state index contributed by atoms with van der Waals surface area (Å²) >= 11 is 5.28. The maximum Gasteiger partial charge on any atom is 0.0702 e. The second kappa shape index (κ2) is 5.41. The Morgan fingerprint density at radius 1 is 1.16 bits per heavy atom. The van der Waals surface area contributed by atoms with Gasteiger partial charge in [-0.1, -0.05) is 24.3 Å². The van der Waals surface area contributed by atoms with Gasteiger partial charge in [0.1, 0.15) is 0 Å². The van der Waals surface area contributed by atoms with Crippen molar-refractivity contribution in [2.75, 3.05) is 7.05 Å². The van der Waals surface area contributed by atoms with Gasteiger partial charge in [0.15, 0.2) is 0 Å². The molecule has 2 nitrogen and oxygen atoms in total. The van der Waals surface area contributed by atoms with Crippen LogP contribution in [0.15, 0.2) is 52.6 Å². The maximum atomic E-state index is 4.37. The summed E-state index contributed by atoms with van der Waals surface area (Å²) in [6.07, 6.45) is 3.87. The second-order valence-electron chi connectivity index (χ2n) is 4.31. The zero-order chi connectivity index (χ0) is 13.2. The van der Waals surface area contributed by atoms with Crippen LogP contribution >= 0.6 is 27.3 Å². The highest BCUT2D eigenvalue weighted by Crippen LogP contribution is 2.33. The van der Waals surface area contributed by atoms with Crippen molar-refractivity contribution >= 4 is 38.0 Å². The molecule has 0 aliphatic carbocycles. The molecule has 0 saturated heterocycles. The molecule has 96 valence electrons. The summed E-state index contributed by atoms with van der Waals surface area (Å²) < 4.78 is 1.15. The predicted molar refractivity (Wildman–Crippen MR) is 84.7 cm³/mol. The fourth-order valence-corrected chi connectivity index (χ4v) is 3.86. The van der Waals surface area contributed by atoms with E-state index in [1.54, 1.807) is 11.3 Å². The van der Waals surface area contributed by atoms with Crippen LogP contribution in [0.5, 0.6) is 0 Å². The molecule has 3 aromatic rings. The van der Waals surface area contributed by atoms with Gasteiger partial charge in [0.25, 0.3) is 0 Å². The Balaban J connectivity index is 2.16. The SMILES string of the molecule is CNC(c1ccc(Br)s1)c1cncc2ccccc12. The number of nitrogens with one attached hydrogen (secondary N) is 1. The minimum Gasteiger partial charge on any atom is -0.309 e. The van der Waals surface area contributed by atoms with Crippen molar-refractivity contribution in [1.29, 1.82) is 0 Å². The standard InChI is InChI=1S/C15H13BrN2S/c1-17-15(13-6-7-14(16)19-13)12-9-18-8-10-4-2-3-5-11(10)12/h2-9,15,17H,1H3. The van der Waals surface area contributed by atoms with Crippen molar-refractivity contribution < 1.29 is 0 Å². The first-order valence-corrected chi connectivity index (χ1v) is 7.65. The first-order valence-electron chi connectivity index (χ1n) is 6.05. The van der Waals surface area contributed by atoms with Crippen LogP contribution in [0.2, 0.25) is 0 Å². The molecule has 0 saturated carbocycles. The third-order valence-electron chi connectivity index (χ3n) is 3.18. The van der Waals surface area contributed by atoms with Gasteiger partial charge in [-0.15, -0.1) is 11.3 Å². The van der Waals surface area contributed by atoms with Crippen LogP contribution in [-0.4, -0.2) is 12.0 Å². The molecule has 0 spiro atoms. The zero-order valence-corrected chi connectivity index (χ0v) is 12.8. The van der Waals surface area contributed by atoms with Gasteiger partial charge in [-0.3, -0.25) is 4.98 Å². The van der Waals surface area contributed by atoms with E-state index in [0.29, 0.717) is 0 Å². The highest BCUT2D eigenvalue weighted by molar-refractivity contribution is 9.11. The molecule has 0 fully saturated rings. The Kier molecular flexibility index (Phi) is 3.64. The van der Waals surface area contributed by atoms with Crippen LogP contribution in [-0.2, 0) is 0 Å². The number of benzene rings is 1. The number of hydrogen-bond donors (Lipinski definition) is 1. The monoisotopic (exact) mass is 332 g/mol. The summed E-state index contributed by atoms with van der Waals surface area (Å²) in [7, 11) is 1.99. The van der Waals surface area contributed by atoms with Crippen LogP contribution in [0.25, 0.3) is 10.8 Å². The van der Waals surface area contributed by atoms with Crippen molar-refractivity contribution in [3.63, 3.8) is 0 Å². The third kappa shape index (κ3) is 2.43. The van der Waals surface area contributed by atoms with Gasteiger partial charge in [-0.25, -0.2) is 0 Å². The van der Waals surface area contributed by atoms with E-state index >= 15 is 0 Å². The summed E-state index contributed by atoms with van der Waals surface area (Å²) in [6.45, 7) is 0. The van der Waals surface area contributed by atoms with Gasteiger partial charge in [-0.2, -0.15) is 0 Å². The molecule has 1 unspecified atom stereocenters. The average molecular weight is 333 g/mol. The van der Waals surface area contributed by atoms with Crippen molar-refractivity contribution in [1.82, 2.24) is 10.3 Å². The minimum atomic E-state index is 0.176. The van der Waals surface area contributed by atoms with Gasteiger partial charge < -0.3 is 5.32 Å². The molecular formula is C15H13BrN2S. The molecule has 2 heterocycles. The summed E-state index contributed by atoms with van der Waals surface area (Å²) in [5.74, 6) is 0. The molecule has 0 amide bonds. The topological polar surface area (TPSA) is 24.9 Å². The number of hydrogen-bond acceptors (Lipinski definition) is 3. The molecule has 0 bridgehead atoms. The molecule has 3 rings (SSSR count). The molecule has 0 aliphatic rings. The highest BCUT2D eigenvalue weighted by Gasteiger charge is 2.16. The summed E-state index contributed by atoms with van der Waals surface area (Å²) in [4.78, 5) is 5.65. The highest BCUT2D eigenvalue weighted by atomic mass is 79.9. The number of fused-ring (bicyclic) bond motifs is 1. The molecule has 1 aromatic carbocycles. The molecule has 4 heteroatoms. The lowest BCUT2D eigenvalue weighted by Gasteiger charge is -2.16. The Hall–Kier alpha value is -1.23. The van der Waals surface area contributed by atoms with E-state index in [4.69, 9.17) is 0 Å². The fourth-order valence-electron chi connectivity index (χ4n) is 2.30. The van der Waals surface area contributed by atoms with Crippen molar-refractivity contribution in [3.8, 4) is 0 Å². The molecule has 19 heavy (non-hydrogen) atoms. The molecule has 0 radical (unpaired) electrons. The van der Waals surface area contributed by atoms with E-state index in [2.05, 4.69) is 56.6 Å². The fraction of sp³-hybridized carbons (Fsp3) is 0.133. The Morgan fingerprint density at radius 2 is 2.00 bits per heavy atom. The van der Waals surface area contributed by atoms with Crippen molar-refractivity contribution in [2.45, 2.75) is 6.04 Å². The number of pyridine rings is 1. The summed E-state index contributed by atoms with van der Waals surface area (Å²) in [6, 6.07) is 12.8. The number of rotatable bonds is 3. The smallest absolute Gasteiger partial charge is 0.0702 e. The van der Waals surface area contributed by atoms with Gasteiger partial charge in [0.2, 0.25) is 0 Å². The van der Waals surface area contributed by atoms with Crippen LogP contribution < -0.4 is 5.32 Å². The lowest BCUT2D eigenvalue weighted by Crippen LogP contribution is -2.17. The van der Waals surface area contributed by atoms with Gasteiger partial charge in [0, 0.05) is 28.2 Å². The van der Waals surface area contributed by atoms with Crippen LogP contribution in [0, 0.1) is 0 Å². The van der Waals surface area contributed by atoms with Gasteiger partial charge >= 0.3 is 0 Å². The largest absolute Gasteiger partial charge is 0.309 e. The van der Waals surface area contributed by atoms with Crippen LogP contribution in [0.3, 0.4) is 0 Å². The van der Waals surface area contributed by atoms with E-state index < -0.39 is 0 Å². The summed E-state index contributed by atoms with van der Waals surface area (Å²) in [5.41, 5.74) is 1.22. The second-order valence-corrected chi connectivity index (χ2v) is 6.81. The molecule has 0 aliphatic heterocycles. The van der Waals surface area contributed by atoms with E-state index in [0.717, 1.165) is 3.79 Å². The number of thiophene rings is 1. The van der Waals surface area contributed by atoms with Crippen molar-refractivity contribution in [2.24, 2.45) is 0 Å². The minimum absolute atomic E-state index is 0.176. The van der Waals surface area contributed by atoms with Crippen LogP contribution in [0.1, 0.15) is 16.5 Å². The van der Waals surface area contributed by atoms with E-state index in [9.17, 15) is 0 Å². The molecule has 2 aromatic heterocycles. The Morgan fingerprint density at radius 3 is 2.74 bits per heavy atom. The lowest BCUT2D eigenvalue weighted by molar-refractivity contribution is 0.706.